The molecule has 1 heterocycles. The number of halogens is 1. The van der Waals surface area contributed by atoms with Gasteiger partial charge in [0, 0.05) is 13.7 Å². The summed E-state index contributed by atoms with van der Waals surface area (Å²) < 4.78 is 5.16. The molecule has 5 heteroatoms. The molecule has 0 radical (unpaired) electrons. The lowest BCUT2D eigenvalue weighted by atomic mass is 10.1. The first kappa shape index (κ1) is 12.8. The number of nitrogens with one attached hydrogen (secondary N) is 1. The van der Waals surface area contributed by atoms with E-state index in [0.717, 1.165) is 11.1 Å². The first-order valence-corrected chi connectivity index (χ1v) is 5.94. The van der Waals surface area contributed by atoms with E-state index in [2.05, 4.69) is 21.4 Å². The SMILES string of the molecule is COCc1ccccc1CNc1ncc(Cl)cn1. The predicted octanol–water partition coefficient (Wildman–Crippen LogP) is 2.89. The van der Waals surface area contributed by atoms with Crippen molar-refractivity contribution in [3.63, 3.8) is 0 Å². The van der Waals surface area contributed by atoms with E-state index >= 15 is 0 Å². The van der Waals surface area contributed by atoms with Gasteiger partial charge >= 0.3 is 0 Å². The lowest BCUT2D eigenvalue weighted by Crippen LogP contribution is -2.06. The summed E-state index contributed by atoms with van der Waals surface area (Å²) >= 11 is 5.73. The molecule has 0 saturated heterocycles. The minimum atomic E-state index is 0.528. The van der Waals surface area contributed by atoms with E-state index < -0.39 is 0 Å². The second-order valence-electron chi connectivity index (χ2n) is 3.78. The van der Waals surface area contributed by atoms with Gasteiger partial charge in [-0.2, -0.15) is 0 Å². The maximum absolute atomic E-state index is 5.73. The van der Waals surface area contributed by atoms with Crippen molar-refractivity contribution in [1.82, 2.24) is 9.97 Å². The molecule has 0 unspecified atom stereocenters. The standard InChI is InChI=1S/C13H14ClN3O/c1-18-9-11-5-3-2-4-10(11)6-15-13-16-7-12(14)8-17-13/h2-5,7-8H,6,9H2,1H3,(H,15,16,17). The van der Waals surface area contributed by atoms with Crippen molar-refractivity contribution in [3.8, 4) is 0 Å². The Morgan fingerprint density at radius 2 is 1.83 bits per heavy atom. The van der Waals surface area contributed by atoms with E-state index in [0.29, 0.717) is 24.1 Å². The molecule has 0 aliphatic heterocycles. The van der Waals surface area contributed by atoms with Crippen molar-refractivity contribution in [2.75, 3.05) is 12.4 Å². The predicted molar refractivity (Wildman–Crippen MR) is 71.5 cm³/mol. The van der Waals surface area contributed by atoms with Crippen LogP contribution in [-0.2, 0) is 17.9 Å². The van der Waals surface area contributed by atoms with Gasteiger partial charge in [0.15, 0.2) is 0 Å². The maximum Gasteiger partial charge on any atom is 0.222 e. The third kappa shape index (κ3) is 3.42. The van der Waals surface area contributed by atoms with Crippen LogP contribution in [0.4, 0.5) is 5.95 Å². The number of rotatable bonds is 5. The smallest absolute Gasteiger partial charge is 0.222 e. The van der Waals surface area contributed by atoms with Crippen molar-refractivity contribution in [1.29, 1.82) is 0 Å². The molecule has 1 aromatic carbocycles. The molecule has 18 heavy (non-hydrogen) atoms. The van der Waals surface area contributed by atoms with Crippen molar-refractivity contribution >= 4 is 17.5 Å². The molecular formula is C13H14ClN3O. The highest BCUT2D eigenvalue weighted by Crippen LogP contribution is 2.12. The monoisotopic (exact) mass is 263 g/mol. The van der Waals surface area contributed by atoms with Gasteiger partial charge in [0.2, 0.25) is 5.95 Å². The largest absolute Gasteiger partial charge is 0.380 e. The summed E-state index contributed by atoms with van der Waals surface area (Å²) in [5, 5.41) is 3.68. The van der Waals surface area contributed by atoms with E-state index in [1.54, 1.807) is 19.5 Å². The Morgan fingerprint density at radius 1 is 1.17 bits per heavy atom. The molecule has 0 amide bonds. The van der Waals surface area contributed by atoms with E-state index in [-0.39, 0.29) is 0 Å². The number of benzene rings is 1. The molecule has 4 nitrogen and oxygen atoms in total. The Hall–Kier alpha value is -1.65. The van der Waals surface area contributed by atoms with Crippen LogP contribution in [0.2, 0.25) is 5.02 Å². The number of hydrogen-bond acceptors (Lipinski definition) is 4. The van der Waals surface area contributed by atoms with Gasteiger partial charge < -0.3 is 10.1 Å². The summed E-state index contributed by atoms with van der Waals surface area (Å²) in [7, 11) is 1.69. The molecule has 94 valence electrons. The third-order valence-corrected chi connectivity index (χ3v) is 2.67. The number of ether oxygens (including phenoxy) is 1. The molecular weight excluding hydrogens is 250 g/mol. The van der Waals surface area contributed by atoms with Gasteiger partial charge in [0.25, 0.3) is 0 Å². The zero-order valence-electron chi connectivity index (χ0n) is 10.1. The lowest BCUT2D eigenvalue weighted by molar-refractivity contribution is 0.184. The fourth-order valence-electron chi connectivity index (χ4n) is 1.60. The van der Waals surface area contributed by atoms with Gasteiger partial charge in [-0.05, 0) is 11.1 Å². The molecule has 1 N–H and O–H groups in total. The summed E-state index contributed by atoms with van der Waals surface area (Å²) in [6.45, 7) is 1.25. The molecule has 0 atom stereocenters. The van der Waals surface area contributed by atoms with Gasteiger partial charge in [-0.25, -0.2) is 9.97 Å². The minimum Gasteiger partial charge on any atom is -0.380 e. The van der Waals surface area contributed by atoms with Gasteiger partial charge in [0.05, 0.1) is 24.0 Å². The van der Waals surface area contributed by atoms with Crippen molar-refractivity contribution in [3.05, 3.63) is 52.8 Å². The van der Waals surface area contributed by atoms with Crippen molar-refractivity contribution in [2.45, 2.75) is 13.2 Å². The minimum absolute atomic E-state index is 0.528. The topological polar surface area (TPSA) is 47.0 Å². The summed E-state index contributed by atoms with van der Waals surface area (Å²) in [4.78, 5) is 8.17. The van der Waals surface area contributed by atoms with Crippen molar-refractivity contribution in [2.24, 2.45) is 0 Å². The number of hydrogen-bond donors (Lipinski definition) is 1. The average Bonchev–Trinajstić information content (AvgIpc) is 2.40. The quantitative estimate of drug-likeness (QED) is 0.901. The van der Waals surface area contributed by atoms with Gasteiger partial charge in [-0.3, -0.25) is 0 Å². The number of anilines is 1. The summed E-state index contributed by atoms with van der Waals surface area (Å²) in [6.07, 6.45) is 3.13. The highest BCUT2D eigenvalue weighted by atomic mass is 35.5. The second kappa shape index (κ2) is 6.33. The van der Waals surface area contributed by atoms with E-state index in [4.69, 9.17) is 16.3 Å². The van der Waals surface area contributed by atoms with Gasteiger partial charge in [0.1, 0.15) is 0 Å². The fourth-order valence-corrected chi connectivity index (χ4v) is 1.70. The summed E-state index contributed by atoms with van der Waals surface area (Å²) in [5.74, 6) is 0.562. The zero-order valence-corrected chi connectivity index (χ0v) is 10.8. The van der Waals surface area contributed by atoms with Crippen LogP contribution in [0.15, 0.2) is 36.7 Å². The van der Waals surface area contributed by atoms with E-state index in [1.165, 1.54) is 0 Å². The molecule has 0 bridgehead atoms. The average molecular weight is 264 g/mol. The Morgan fingerprint density at radius 3 is 2.50 bits per heavy atom. The van der Waals surface area contributed by atoms with E-state index in [1.807, 2.05) is 18.2 Å². The number of methoxy groups -OCH3 is 1. The highest BCUT2D eigenvalue weighted by molar-refractivity contribution is 6.30. The van der Waals surface area contributed by atoms with Crippen LogP contribution in [0.25, 0.3) is 0 Å². The summed E-state index contributed by atoms with van der Waals surface area (Å²) in [5.41, 5.74) is 2.32. The zero-order chi connectivity index (χ0) is 12.8. The van der Waals surface area contributed by atoms with Crippen LogP contribution in [0, 0.1) is 0 Å². The molecule has 0 aliphatic rings. The van der Waals surface area contributed by atoms with Crippen molar-refractivity contribution < 1.29 is 4.74 Å². The van der Waals surface area contributed by atoms with Crippen LogP contribution in [0.1, 0.15) is 11.1 Å². The lowest BCUT2D eigenvalue weighted by Gasteiger charge is -2.09. The Labute approximate surface area is 111 Å². The van der Waals surface area contributed by atoms with Gasteiger partial charge in [-0.1, -0.05) is 35.9 Å². The Balaban J connectivity index is 2.03. The summed E-state index contributed by atoms with van der Waals surface area (Å²) in [6, 6.07) is 8.09. The molecule has 0 spiro atoms. The maximum atomic E-state index is 5.73. The van der Waals surface area contributed by atoms with E-state index in [9.17, 15) is 0 Å². The van der Waals surface area contributed by atoms with Crippen LogP contribution >= 0.6 is 11.6 Å². The van der Waals surface area contributed by atoms with Crippen LogP contribution in [0.5, 0.6) is 0 Å². The first-order valence-electron chi connectivity index (χ1n) is 5.56. The molecule has 0 aliphatic carbocycles. The Bertz CT molecular complexity index is 502. The Kier molecular flexibility index (Phi) is 4.50. The first-order chi connectivity index (χ1) is 8.79. The van der Waals surface area contributed by atoms with Crippen LogP contribution in [0.3, 0.4) is 0 Å². The second-order valence-corrected chi connectivity index (χ2v) is 4.22. The van der Waals surface area contributed by atoms with Crippen LogP contribution < -0.4 is 5.32 Å². The molecule has 1 aromatic heterocycles. The molecule has 2 rings (SSSR count). The van der Waals surface area contributed by atoms with Gasteiger partial charge in [-0.15, -0.1) is 0 Å². The molecule has 0 saturated carbocycles. The highest BCUT2D eigenvalue weighted by Gasteiger charge is 2.02. The fraction of sp³-hybridized carbons (Fsp3) is 0.231. The normalized spacial score (nSPS) is 10.3. The molecule has 0 fully saturated rings. The third-order valence-electron chi connectivity index (χ3n) is 2.48. The number of nitrogens with zero attached hydrogens (tertiary/aromatic N) is 2. The number of aromatic nitrogens is 2. The van der Waals surface area contributed by atoms with Crippen LogP contribution in [-0.4, -0.2) is 17.1 Å². The molecule has 2 aromatic rings.